The standard InChI is InChI=1S/C13H19BN2OS/c1-12(2,3)18-16-13(4)8-17-7-9-5-10(14)6-15-11(9)13/h5-6,16H,7-8H2,1-4H3. The summed E-state index contributed by atoms with van der Waals surface area (Å²) >= 11 is 1.71. The van der Waals surface area contributed by atoms with Crippen LogP contribution >= 0.6 is 11.9 Å². The molecule has 2 radical (unpaired) electrons. The zero-order valence-electron chi connectivity index (χ0n) is 11.4. The predicted octanol–water partition coefficient (Wildman–Crippen LogP) is 1.66. The maximum absolute atomic E-state index is 5.77. The number of aromatic nitrogens is 1. The molecule has 0 fully saturated rings. The molecule has 0 spiro atoms. The highest BCUT2D eigenvalue weighted by molar-refractivity contribution is 7.98. The van der Waals surface area contributed by atoms with Gasteiger partial charge in [0.2, 0.25) is 0 Å². The van der Waals surface area contributed by atoms with Crippen molar-refractivity contribution >= 4 is 25.3 Å². The first kappa shape index (κ1) is 13.9. The van der Waals surface area contributed by atoms with Gasteiger partial charge in [-0.25, -0.2) is 4.72 Å². The van der Waals surface area contributed by atoms with Crippen LogP contribution in [0.2, 0.25) is 0 Å². The fraction of sp³-hybridized carbons (Fsp3) is 0.615. The Bertz CT molecular complexity index is 447. The van der Waals surface area contributed by atoms with Crippen LogP contribution in [-0.4, -0.2) is 24.2 Å². The van der Waals surface area contributed by atoms with E-state index < -0.39 is 0 Å². The Morgan fingerprint density at radius 3 is 2.89 bits per heavy atom. The van der Waals surface area contributed by atoms with Gasteiger partial charge in [0, 0.05) is 16.5 Å². The molecule has 0 saturated heterocycles. The lowest BCUT2D eigenvalue weighted by molar-refractivity contribution is 0.0517. The predicted molar refractivity (Wildman–Crippen MR) is 77.1 cm³/mol. The second-order valence-corrected chi connectivity index (χ2v) is 7.55. The van der Waals surface area contributed by atoms with Crippen LogP contribution in [0.1, 0.15) is 39.0 Å². The van der Waals surface area contributed by atoms with E-state index >= 15 is 0 Å². The number of fused-ring (bicyclic) bond motifs is 1. The van der Waals surface area contributed by atoms with Crippen LogP contribution in [-0.2, 0) is 16.9 Å². The summed E-state index contributed by atoms with van der Waals surface area (Å²) in [6.45, 7) is 9.86. The monoisotopic (exact) mass is 262 g/mol. The fourth-order valence-electron chi connectivity index (χ4n) is 1.91. The number of hydrogen-bond acceptors (Lipinski definition) is 4. The van der Waals surface area contributed by atoms with E-state index in [1.807, 2.05) is 6.07 Å². The van der Waals surface area contributed by atoms with Crippen molar-refractivity contribution in [2.45, 2.75) is 44.6 Å². The topological polar surface area (TPSA) is 34.1 Å². The summed E-state index contributed by atoms with van der Waals surface area (Å²) in [6.07, 6.45) is 1.71. The van der Waals surface area contributed by atoms with Crippen molar-refractivity contribution in [3.8, 4) is 0 Å². The molecule has 96 valence electrons. The van der Waals surface area contributed by atoms with E-state index in [9.17, 15) is 0 Å². The number of nitrogens with one attached hydrogen (secondary N) is 1. The molecule has 0 aliphatic carbocycles. The Kier molecular flexibility index (Phi) is 3.76. The maximum atomic E-state index is 5.77. The Morgan fingerprint density at radius 1 is 1.50 bits per heavy atom. The lowest BCUT2D eigenvalue weighted by atomic mass is 9.89. The molecule has 1 unspecified atom stereocenters. The van der Waals surface area contributed by atoms with Crippen LogP contribution in [0.4, 0.5) is 0 Å². The van der Waals surface area contributed by atoms with Crippen LogP contribution in [0, 0.1) is 0 Å². The molecule has 0 aromatic carbocycles. The minimum absolute atomic E-state index is 0.147. The normalized spacial score (nSPS) is 23.8. The second-order valence-electron chi connectivity index (χ2n) is 5.92. The summed E-state index contributed by atoms with van der Waals surface area (Å²) in [6, 6.07) is 1.95. The highest BCUT2D eigenvalue weighted by atomic mass is 32.2. The van der Waals surface area contributed by atoms with Gasteiger partial charge in [-0.1, -0.05) is 23.5 Å². The van der Waals surface area contributed by atoms with E-state index in [0.717, 1.165) is 11.3 Å². The minimum Gasteiger partial charge on any atom is -0.374 e. The number of hydrogen-bond donors (Lipinski definition) is 1. The molecule has 5 heteroatoms. The molecule has 1 aromatic heterocycles. The van der Waals surface area contributed by atoms with Crippen molar-refractivity contribution in [1.29, 1.82) is 0 Å². The highest BCUT2D eigenvalue weighted by Gasteiger charge is 2.35. The Labute approximate surface area is 115 Å². The van der Waals surface area contributed by atoms with Crippen molar-refractivity contribution in [2.75, 3.05) is 6.61 Å². The van der Waals surface area contributed by atoms with Gasteiger partial charge in [-0.2, -0.15) is 0 Å². The largest absolute Gasteiger partial charge is 0.374 e. The van der Waals surface area contributed by atoms with Crippen LogP contribution in [0.25, 0.3) is 0 Å². The summed E-state index contributed by atoms with van der Waals surface area (Å²) in [5, 5.41) is 0. The van der Waals surface area contributed by atoms with Crippen molar-refractivity contribution in [3.63, 3.8) is 0 Å². The Hall–Kier alpha value is -0.515. The van der Waals surface area contributed by atoms with E-state index in [4.69, 9.17) is 12.6 Å². The zero-order valence-corrected chi connectivity index (χ0v) is 12.2. The lowest BCUT2D eigenvalue weighted by Crippen LogP contribution is -2.46. The summed E-state index contributed by atoms with van der Waals surface area (Å²) < 4.78 is 9.31. The van der Waals surface area contributed by atoms with Gasteiger partial charge in [0.15, 0.2) is 0 Å². The van der Waals surface area contributed by atoms with Gasteiger partial charge in [-0.05, 0) is 27.7 Å². The Balaban J connectivity index is 2.25. The minimum atomic E-state index is -0.265. The van der Waals surface area contributed by atoms with Gasteiger partial charge in [0.1, 0.15) is 7.85 Å². The first-order valence-electron chi connectivity index (χ1n) is 6.08. The molecule has 18 heavy (non-hydrogen) atoms. The van der Waals surface area contributed by atoms with Gasteiger partial charge < -0.3 is 4.74 Å². The SMILES string of the molecule is [B]c1cnc2c(c1)COCC2(C)NSC(C)(C)C. The van der Waals surface area contributed by atoms with Gasteiger partial charge in [0.05, 0.1) is 24.4 Å². The van der Waals surface area contributed by atoms with Gasteiger partial charge in [-0.3, -0.25) is 4.98 Å². The lowest BCUT2D eigenvalue weighted by Gasteiger charge is -2.37. The van der Waals surface area contributed by atoms with Crippen molar-refractivity contribution in [3.05, 3.63) is 23.5 Å². The fourth-order valence-corrected chi connectivity index (χ4v) is 2.60. The van der Waals surface area contributed by atoms with Crippen LogP contribution in [0.3, 0.4) is 0 Å². The van der Waals surface area contributed by atoms with E-state index in [2.05, 4.69) is 37.4 Å². The first-order chi connectivity index (χ1) is 8.30. The second kappa shape index (κ2) is 4.87. The smallest absolute Gasteiger partial charge is 0.115 e. The molecule has 2 heterocycles. The molecule has 3 nitrogen and oxygen atoms in total. The quantitative estimate of drug-likeness (QED) is 0.649. The maximum Gasteiger partial charge on any atom is 0.115 e. The molecule has 2 rings (SSSR count). The Morgan fingerprint density at radius 2 is 2.22 bits per heavy atom. The zero-order chi connectivity index (χ0) is 13.4. The number of rotatable bonds is 2. The molecule has 0 saturated carbocycles. The average Bonchev–Trinajstić information content (AvgIpc) is 2.26. The van der Waals surface area contributed by atoms with Gasteiger partial charge >= 0.3 is 0 Å². The van der Waals surface area contributed by atoms with Crippen molar-refractivity contribution in [2.24, 2.45) is 0 Å². The van der Waals surface area contributed by atoms with E-state index in [1.165, 1.54) is 0 Å². The van der Waals surface area contributed by atoms with E-state index in [-0.39, 0.29) is 10.3 Å². The summed E-state index contributed by atoms with van der Waals surface area (Å²) in [4.78, 5) is 4.49. The molecule has 1 aliphatic heterocycles. The average molecular weight is 262 g/mol. The molecule has 1 atom stereocenters. The number of pyridine rings is 1. The number of nitrogens with zero attached hydrogens (tertiary/aromatic N) is 1. The van der Waals surface area contributed by atoms with Crippen LogP contribution in [0.15, 0.2) is 12.3 Å². The number of ether oxygens (including phenoxy) is 1. The third-order valence-corrected chi connectivity index (χ3v) is 3.91. The summed E-state index contributed by atoms with van der Waals surface area (Å²) in [5.74, 6) is 0. The molecule has 1 aliphatic rings. The summed E-state index contributed by atoms with van der Waals surface area (Å²) in [5.41, 5.74) is 2.54. The highest BCUT2D eigenvalue weighted by Crippen LogP contribution is 2.32. The van der Waals surface area contributed by atoms with Crippen LogP contribution in [0.5, 0.6) is 0 Å². The van der Waals surface area contributed by atoms with Gasteiger partial charge in [-0.15, -0.1) is 0 Å². The van der Waals surface area contributed by atoms with Crippen molar-refractivity contribution < 1.29 is 4.74 Å². The molecular weight excluding hydrogens is 243 g/mol. The summed E-state index contributed by atoms with van der Waals surface area (Å²) in [7, 11) is 5.77. The van der Waals surface area contributed by atoms with Gasteiger partial charge in [0.25, 0.3) is 0 Å². The van der Waals surface area contributed by atoms with E-state index in [0.29, 0.717) is 18.7 Å². The molecule has 0 amide bonds. The molecule has 1 aromatic rings. The third-order valence-electron chi connectivity index (χ3n) is 2.74. The molecule has 1 N–H and O–H groups in total. The third kappa shape index (κ3) is 3.08. The van der Waals surface area contributed by atoms with E-state index in [1.54, 1.807) is 18.1 Å². The molecule has 0 bridgehead atoms. The first-order valence-corrected chi connectivity index (χ1v) is 6.90. The van der Waals surface area contributed by atoms with Crippen molar-refractivity contribution in [1.82, 2.24) is 9.71 Å². The van der Waals surface area contributed by atoms with Crippen LogP contribution < -0.4 is 10.2 Å². The molecular formula is C13H19BN2OS.